The van der Waals surface area contributed by atoms with Crippen molar-refractivity contribution in [2.75, 3.05) is 0 Å². The topological polar surface area (TPSA) is 35.0 Å². The Labute approximate surface area is 159 Å². The summed E-state index contributed by atoms with van der Waals surface area (Å²) in [4.78, 5) is 8.89. The molecule has 0 spiro atoms. The van der Waals surface area contributed by atoms with Crippen molar-refractivity contribution < 1.29 is 4.74 Å². The largest absolute Gasteiger partial charge is 0.457 e. The third kappa shape index (κ3) is 3.87. The van der Waals surface area contributed by atoms with Crippen molar-refractivity contribution in [3.8, 4) is 34.0 Å². The van der Waals surface area contributed by atoms with Crippen LogP contribution in [-0.2, 0) is 0 Å². The van der Waals surface area contributed by atoms with E-state index in [-0.39, 0.29) is 0 Å². The molecule has 0 saturated heterocycles. The van der Waals surface area contributed by atoms with Gasteiger partial charge in [-0.2, -0.15) is 0 Å². The first-order valence-electron chi connectivity index (χ1n) is 8.92. The first-order valence-corrected chi connectivity index (χ1v) is 8.92. The summed E-state index contributed by atoms with van der Waals surface area (Å²) in [6.45, 7) is 4.11. The smallest absolute Gasteiger partial charge is 0.131 e. The second-order valence-electron chi connectivity index (χ2n) is 6.54. The van der Waals surface area contributed by atoms with E-state index in [0.717, 1.165) is 39.6 Å². The van der Waals surface area contributed by atoms with Gasteiger partial charge in [0, 0.05) is 23.5 Å². The van der Waals surface area contributed by atoms with Crippen LogP contribution in [-0.4, -0.2) is 9.97 Å². The number of aryl methyl sites for hydroxylation is 2. The maximum atomic E-state index is 6.21. The van der Waals surface area contributed by atoms with Crippen LogP contribution in [0, 0.1) is 13.8 Å². The van der Waals surface area contributed by atoms with E-state index in [4.69, 9.17) is 4.74 Å². The van der Waals surface area contributed by atoms with E-state index in [1.165, 1.54) is 5.56 Å². The fraction of sp³-hybridized carbons (Fsp3) is 0.0833. The lowest BCUT2D eigenvalue weighted by Crippen LogP contribution is -1.91. The van der Waals surface area contributed by atoms with Crippen LogP contribution in [0.4, 0.5) is 0 Å². The van der Waals surface area contributed by atoms with Gasteiger partial charge in [-0.05, 0) is 67.4 Å². The van der Waals surface area contributed by atoms with Crippen molar-refractivity contribution in [2.45, 2.75) is 13.8 Å². The van der Waals surface area contributed by atoms with Crippen molar-refractivity contribution in [1.82, 2.24) is 9.97 Å². The van der Waals surface area contributed by atoms with Crippen molar-refractivity contribution >= 4 is 0 Å². The van der Waals surface area contributed by atoms with E-state index >= 15 is 0 Å². The van der Waals surface area contributed by atoms with Crippen LogP contribution in [0.2, 0.25) is 0 Å². The van der Waals surface area contributed by atoms with Gasteiger partial charge in [-0.3, -0.25) is 9.97 Å². The molecule has 0 fully saturated rings. The standard InChI is InChI=1S/C24H20N2O/c1-17-11-13-26-23(14-17)19-6-5-7-21(15-19)27-24-16-20(10-9-18(24)2)22-8-3-4-12-25-22/h3-16H,1-2H3. The third-order valence-electron chi connectivity index (χ3n) is 4.42. The summed E-state index contributed by atoms with van der Waals surface area (Å²) in [7, 11) is 0. The molecule has 0 radical (unpaired) electrons. The van der Waals surface area contributed by atoms with Crippen LogP contribution in [0.1, 0.15) is 11.1 Å². The molecule has 4 rings (SSSR count). The van der Waals surface area contributed by atoms with Gasteiger partial charge in [-0.15, -0.1) is 0 Å². The molecule has 0 bridgehead atoms. The maximum Gasteiger partial charge on any atom is 0.131 e. The molecule has 0 aliphatic carbocycles. The molecule has 27 heavy (non-hydrogen) atoms. The minimum absolute atomic E-state index is 0.789. The number of benzene rings is 2. The van der Waals surface area contributed by atoms with Gasteiger partial charge in [0.1, 0.15) is 11.5 Å². The van der Waals surface area contributed by atoms with Crippen molar-refractivity contribution in [3.05, 3.63) is 96.3 Å². The molecular weight excluding hydrogens is 332 g/mol. The Balaban J connectivity index is 1.66. The van der Waals surface area contributed by atoms with Crippen LogP contribution >= 0.6 is 0 Å². The van der Waals surface area contributed by atoms with E-state index in [1.807, 2.05) is 67.7 Å². The average molecular weight is 352 g/mol. The Morgan fingerprint density at radius 3 is 2.33 bits per heavy atom. The zero-order chi connectivity index (χ0) is 18.6. The molecule has 2 heterocycles. The molecule has 0 atom stereocenters. The van der Waals surface area contributed by atoms with Crippen LogP contribution < -0.4 is 4.74 Å². The van der Waals surface area contributed by atoms with Crippen molar-refractivity contribution in [1.29, 1.82) is 0 Å². The first-order chi connectivity index (χ1) is 13.2. The highest BCUT2D eigenvalue weighted by molar-refractivity contribution is 5.64. The van der Waals surface area contributed by atoms with Crippen LogP contribution in [0.15, 0.2) is 85.2 Å². The van der Waals surface area contributed by atoms with Gasteiger partial charge in [0.05, 0.1) is 11.4 Å². The van der Waals surface area contributed by atoms with Gasteiger partial charge in [0.25, 0.3) is 0 Å². The fourth-order valence-corrected chi connectivity index (χ4v) is 2.94. The first kappa shape index (κ1) is 17.0. The zero-order valence-corrected chi connectivity index (χ0v) is 15.4. The van der Waals surface area contributed by atoms with Crippen LogP contribution in [0.3, 0.4) is 0 Å². The van der Waals surface area contributed by atoms with Gasteiger partial charge in [-0.1, -0.05) is 30.3 Å². The van der Waals surface area contributed by atoms with Gasteiger partial charge in [-0.25, -0.2) is 0 Å². The molecule has 3 heteroatoms. The highest BCUT2D eigenvalue weighted by atomic mass is 16.5. The lowest BCUT2D eigenvalue weighted by Gasteiger charge is -2.12. The number of pyridine rings is 2. The lowest BCUT2D eigenvalue weighted by molar-refractivity contribution is 0.479. The molecule has 2 aromatic heterocycles. The summed E-state index contributed by atoms with van der Waals surface area (Å²) in [5.74, 6) is 1.62. The van der Waals surface area contributed by atoms with Crippen LogP contribution in [0.5, 0.6) is 11.5 Å². The molecule has 132 valence electrons. The van der Waals surface area contributed by atoms with Gasteiger partial charge in [0.2, 0.25) is 0 Å². The molecular formula is C24H20N2O. The highest BCUT2D eigenvalue weighted by Crippen LogP contribution is 2.31. The fourth-order valence-electron chi connectivity index (χ4n) is 2.94. The Kier molecular flexibility index (Phi) is 4.67. The van der Waals surface area contributed by atoms with E-state index < -0.39 is 0 Å². The van der Waals surface area contributed by atoms with Gasteiger partial charge >= 0.3 is 0 Å². The second-order valence-corrected chi connectivity index (χ2v) is 6.54. The predicted molar refractivity (Wildman–Crippen MR) is 109 cm³/mol. The number of hydrogen-bond donors (Lipinski definition) is 0. The molecule has 0 unspecified atom stereocenters. The van der Waals surface area contributed by atoms with E-state index in [0.29, 0.717) is 0 Å². The Bertz CT molecular complexity index is 1070. The Hall–Kier alpha value is -3.46. The van der Waals surface area contributed by atoms with E-state index in [9.17, 15) is 0 Å². The molecule has 0 saturated carbocycles. The number of rotatable bonds is 4. The number of nitrogens with zero attached hydrogens (tertiary/aromatic N) is 2. The van der Waals surface area contributed by atoms with E-state index in [1.54, 1.807) is 6.20 Å². The maximum absolute atomic E-state index is 6.21. The summed E-state index contributed by atoms with van der Waals surface area (Å²) in [5.41, 5.74) is 6.21. The summed E-state index contributed by atoms with van der Waals surface area (Å²) in [6, 6.07) is 24.2. The number of ether oxygens (including phenoxy) is 1. The number of aromatic nitrogens is 2. The van der Waals surface area contributed by atoms with Crippen LogP contribution in [0.25, 0.3) is 22.5 Å². The minimum atomic E-state index is 0.789. The quantitative estimate of drug-likeness (QED) is 0.437. The minimum Gasteiger partial charge on any atom is -0.457 e. The summed E-state index contributed by atoms with van der Waals surface area (Å²) in [5, 5.41) is 0. The SMILES string of the molecule is Cc1ccnc(-c2cccc(Oc3cc(-c4ccccn4)ccc3C)c2)c1. The Morgan fingerprint density at radius 2 is 1.52 bits per heavy atom. The molecule has 0 aliphatic rings. The normalized spacial score (nSPS) is 10.6. The molecule has 2 aromatic carbocycles. The number of hydrogen-bond acceptors (Lipinski definition) is 3. The third-order valence-corrected chi connectivity index (χ3v) is 4.42. The molecule has 3 nitrogen and oxygen atoms in total. The van der Waals surface area contributed by atoms with Crippen molar-refractivity contribution in [2.24, 2.45) is 0 Å². The zero-order valence-electron chi connectivity index (χ0n) is 15.4. The van der Waals surface area contributed by atoms with Gasteiger partial charge in [0.15, 0.2) is 0 Å². The average Bonchev–Trinajstić information content (AvgIpc) is 2.71. The molecule has 4 aromatic rings. The van der Waals surface area contributed by atoms with Crippen molar-refractivity contribution in [3.63, 3.8) is 0 Å². The predicted octanol–water partition coefficient (Wildman–Crippen LogP) is 6.22. The van der Waals surface area contributed by atoms with E-state index in [2.05, 4.69) is 35.1 Å². The summed E-state index contributed by atoms with van der Waals surface area (Å²) < 4.78 is 6.21. The summed E-state index contributed by atoms with van der Waals surface area (Å²) >= 11 is 0. The monoisotopic (exact) mass is 352 g/mol. The molecule has 0 aliphatic heterocycles. The van der Waals surface area contributed by atoms with Gasteiger partial charge < -0.3 is 4.74 Å². The second kappa shape index (κ2) is 7.42. The lowest BCUT2D eigenvalue weighted by atomic mass is 10.1. The Morgan fingerprint density at radius 1 is 0.667 bits per heavy atom. The molecule has 0 amide bonds. The highest BCUT2D eigenvalue weighted by Gasteiger charge is 2.07. The summed E-state index contributed by atoms with van der Waals surface area (Å²) in [6.07, 6.45) is 3.63. The molecule has 0 N–H and O–H groups in total.